The molecule has 0 aliphatic heterocycles. The molecule has 0 fully saturated rings. The van der Waals surface area contributed by atoms with Gasteiger partial charge < -0.3 is 0 Å². The van der Waals surface area contributed by atoms with Crippen molar-refractivity contribution in [2.75, 3.05) is 0 Å². The van der Waals surface area contributed by atoms with Crippen molar-refractivity contribution in [3.63, 3.8) is 0 Å². The first kappa shape index (κ1) is 11.0. The van der Waals surface area contributed by atoms with Gasteiger partial charge in [-0.15, -0.1) is 0 Å². The molecule has 0 aliphatic rings. The maximum atomic E-state index is 2.37. The summed E-state index contributed by atoms with van der Waals surface area (Å²) >= 11 is 2.37. The lowest BCUT2D eigenvalue weighted by molar-refractivity contribution is 1.34. The van der Waals surface area contributed by atoms with E-state index in [1.165, 1.54) is 14.7 Å². The average molecular weight is 262 g/mol. The van der Waals surface area contributed by atoms with Gasteiger partial charge in [-0.2, -0.15) is 0 Å². The van der Waals surface area contributed by atoms with Crippen molar-refractivity contribution in [3.05, 3.63) is 32.9 Å². The van der Waals surface area contributed by atoms with Crippen LogP contribution in [0.4, 0.5) is 0 Å². The zero-order chi connectivity index (χ0) is 8.85. The largest absolute Gasteiger partial charge is 0.0683 e. The standard InChI is InChI=1S/C8H9I.C2H6/c1-6-4-3-5-7(2)8(6)9;1-2/h3-5H,1-2H3;1-2H3. The first-order valence-corrected chi connectivity index (χ1v) is 5.01. The second-order valence-corrected chi connectivity index (χ2v) is 3.28. The Morgan fingerprint density at radius 1 is 1.00 bits per heavy atom. The van der Waals surface area contributed by atoms with Crippen molar-refractivity contribution >= 4 is 22.6 Å². The van der Waals surface area contributed by atoms with Gasteiger partial charge in [0.1, 0.15) is 0 Å². The lowest BCUT2D eigenvalue weighted by atomic mass is 10.2. The van der Waals surface area contributed by atoms with Crippen LogP contribution in [-0.2, 0) is 0 Å². The molecule has 0 nitrogen and oxygen atoms in total. The van der Waals surface area contributed by atoms with E-state index in [-0.39, 0.29) is 0 Å². The quantitative estimate of drug-likeness (QED) is 0.621. The van der Waals surface area contributed by atoms with Crippen molar-refractivity contribution in [2.24, 2.45) is 0 Å². The van der Waals surface area contributed by atoms with Crippen LogP contribution in [-0.4, -0.2) is 0 Å². The summed E-state index contributed by atoms with van der Waals surface area (Å²) in [6.45, 7) is 8.27. The fourth-order valence-corrected chi connectivity index (χ4v) is 1.15. The third kappa shape index (κ3) is 3.23. The molecule has 0 amide bonds. The van der Waals surface area contributed by atoms with Gasteiger partial charge in [0, 0.05) is 3.57 Å². The van der Waals surface area contributed by atoms with Gasteiger partial charge in [0.15, 0.2) is 0 Å². The molecule has 0 saturated carbocycles. The molecule has 62 valence electrons. The van der Waals surface area contributed by atoms with Crippen LogP contribution in [0.25, 0.3) is 0 Å². The Kier molecular flexibility index (Phi) is 5.56. The SMILES string of the molecule is CC.Cc1cccc(C)c1I. The summed E-state index contributed by atoms with van der Waals surface area (Å²) in [5.74, 6) is 0. The van der Waals surface area contributed by atoms with E-state index in [1.54, 1.807) is 0 Å². The lowest BCUT2D eigenvalue weighted by Gasteiger charge is -1.98. The second-order valence-electron chi connectivity index (χ2n) is 2.21. The van der Waals surface area contributed by atoms with E-state index in [9.17, 15) is 0 Å². The lowest BCUT2D eigenvalue weighted by Crippen LogP contribution is -1.82. The van der Waals surface area contributed by atoms with Crippen molar-refractivity contribution < 1.29 is 0 Å². The van der Waals surface area contributed by atoms with E-state index in [1.807, 2.05) is 13.8 Å². The van der Waals surface area contributed by atoms with E-state index in [2.05, 4.69) is 54.6 Å². The van der Waals surface area contributed by atoms with Gasteiger partial charge >= 0.3 is 0 Å². The highest BCUT2D eigenvalue weighted by Gasteiger charge is 1.93. The first-order chi connectivity index (χ1) is 5.22. The minimum atomic E-state index is 1.37. The highest BCUT2D eigenvalue weighted by molar-refractivity contribution is 14.1. The Hall–Kier alpha value is -0.0500. The zero-order valence-corrected chi connectivity index (χ0v) is 9.77. The molecule has 0 heterocycles. The van der Waals surface area contributed by atoms with Crippen LogP contribution in [0.3, 0.4) is 0 Å². The molecule has 0 N–H and O–H groups in total. The predicted molar refractivity (Wildman–Crippen MR) is 60.0 cm³/mol. The molecule has 0 spiro atoms. The fourth-order valence-electron chi connectivity index (χ4n) is 0.794. The van der Waals surface area contributed by atoms with E-state index >= 15 is 0 Å². The molecule has 1 rings (SSSR count). The topological polar surface area (TPSA) is 0 Å². The molecule has 0 saturated heterocycles. The van der Waals surface area contributed by atoms with Gasteiger partial charge in [-0.05, 0) is 47.6 Å². The summed E-state index contributed by atoms with van der Waals surface area (Å²) in [4.78, 5) is 0. The van der Waals surface area contributed by atoms with Gasteiger partial charge in [-0.3, -0.25) is 0 Å². The van der Waals surface area contributed by atoms with Crippen LogP contribution in [0.15, 0.2) is 18.2 Å². The number of hydrogen-bond acceptors (Lipinski definition) is 0. The van der Waals surface area contributed by atoms with Gasteiger partial charge in [0.2, 0.25) is 0 Å². The summed E-state index contributed by atoms with van der Waals surface area (Å²) in [6, 6.07) is 6.36. The average Bonchev–Trinajstić information content (AvgIpc) is 2.04. The van der Waals surface area contributed by atoms with Crippen LogP contribution < -0.4 is 0 Å². The van der Waals surface area contributed by atoms with Gasteiger partial charge in [-0.25, -0.2) is 0 Å². The van der Waals surface area contributed by atoms with Crippen LogP contribution in [0.1, 0.15) is 25.0 Å². The smallest absolute Gasteiger partial charge is 0.0188 e. The number of aryl methyl sites for hydroxylation is 2. The summed E-state index contributed by atoms with van der Waals surface area (Å²) in [7, 11) is 0. The molecular weight excluding hydrogens is 247 g/mol. The molecule has 0 unspecified atom stereocenters. The Morgan fingerprint density at radius 3 is 1.64 bits per heavy atom. The van der Waals surface area contributed by atoms with Crippen LogP contribution >= 0.6 is 22.6 Å². The van der Waals surface area contributed by atoms with E-state index in [4.69, 9.17) is 0 Å². The Labute approximate surface area is 83.2 Å². The van der Waals surface area contributed by atoms with Gasteiger partial charge in [0.05, 0.1) is 0 Å². The van der Waals surface area contributed by atoms with E-state index < -0.39 is 0 Å². The molecule has 11 heavy (non-hydrogen) atoms. The zero-order valence-electron chi connectivity index (χ0n) is 7.61. The van der Waals surface area contributed by atoms with Crippen molar-refractivity contribution in [1.82, 2.24) is 0 Å². The highest BCUT2D eigenvalue weighted by atomic mass is 127. The summed E-state index contributed by atoms with van der Waals surface area (Å²) < 4.78 is 1.38. The molecular formula is C10H15I. The Bertz CT molecular complexity index is 196. The summed E-state index contributed by atoms with van der Waals surface area (Å²) in [6.07, 6.45) is 0. The molecule has 0 radical (unpaired) electrons. The van der Waals surface area contributed by atoms with Crippen molar-refractivity contribution in [3.8, 4) is 0 Å². The number of hydrogen-bond donors (Lipinski definition) is 0. The molecule has 0 bridgehead atoms. The monoisotopic (exact) mass is 262 g/mol. The number of rotatable bonds is 0. The molecule has 1 aromatic carbocycles. The summed E-state index contributed by atoms with van der Waals surface area (Å²) in [5.41, 5.74) is 2.74. The number of benzene rings is 1. The fraction of sp³-hybridized carbons (Fsp3) is 0.400. The first-order valence-electron chi connectivity index (χ1n) is 3.93. The number of halogens is 1. The van der Waals surface area contributed by atoms with Gasteiger partial charge in [-0.1, -0.05) is 32.0 Å². The third-order valence-corrected chi connectivity index (χ3v) is 3.09. The normalized spacial score (nSPS) is 8.45. The molecule has 0 aromatic heterocycles. The van der Waals surface area contributed by atoms with Crippen LogP contribution in [0, 0.1) is 17.4 Å². The van der Waals surface area contributed by atoms with E-state index in [0.717, 1.165) is 0 Å². The predicted octanol–water partition coefficient (Wildman–Crippen LogP) is 3.93. The maximum Gasteiger partial charge on any atom is 0.0188 e. The van der Waals surface area contributed by atoms with Crippen molar-refractivity contribution in [2.45, 2.75) is 27.7 Å². The Balaban J connectivity index is 0.000000461. The molecule has 0 aliphatic carbocycles. The van der Waals surface area contributed by atoms with Gasteiger partial charge in [0.25, 0.3) is 0 Å². The van der Waals surface area contributed by atoms with Crippen LogP contribution in [0.5, 0.6) is 0 Å². The molecule has 1 aromatic rings. The highest BCUT2D eigenvalue weighted by Crippen LogP contribution is 2.14. The maximum absolute atomic E-state index is 2.37. The van der Waals surface area contributed by atoms with Crippen LogP contribution in [0.2, 0.25) is 0 Å². The molecule has 1 heteroatoms. The summed E-state index contributed by atoms with van der Waals surface area (Å²) in [5, 5.41) is 0. The Morgan fingerprint density at radius 2 is 1.36 bits per heavy atom. The second kappa shape index (κ2) is 5.58. The minimum Gasteiger partial charge on any atom is -0.0683 e. The van der Waals surface area contributed by atoms with Crippen molar-refractivity contribution in [1.29, 1.82) is 0 Å². The van der Waals surface area contributed by atoms with E-state index in [0.29, 0.717) is 0 Å². The minimum absolute atomic E-state index is 1.37. The third-order valence-electron chi connectivity index (χ3n) is 1.38. The molecule has 0 atom stereocenters.